The Morgan fingerprint density at radius 1 is 1.65 bits per heavy atom. The number of carbonyl (C=O) groups is 1. The molecule has 0 amide bonds. The fourth-order valence-electron chi connectivity index (χ4n) is 0.968. The lowest BCUT2D eigenvalue weighted by Crippen LogP contribution is -2.05. The Morgan fingerprint density at radius 2 is 2.41 bits per heavy atom. The Kier molecular flexibility index (Phi) is 5.42. The van der Waals surface area contributed by atoms with E-state index in [9.17, 15) is 9.18 Å². The summed E-state index contributed by atoms with van der Waals surface area (Å²) in [7, 11) is 0. The van der Waals surface area contributed by atoms with Crippen molar-refractivity contribution in [3.63, 3.8) is 0 Å². The van der Waals surface area contributed by atoms with Crippen LogP contribution in [0.2, 0.25) is 5.02 Å². The average molecular weight is 259 g/mol. The molecule has 6 heteroatoms. The molecule has 92 valence electrons. The molecule has 0 aromatic heterocycles. The van der Waals surface area contributed by atoms with Crippen molar-refractivity contribution >= 4 is 29.5 Å². The smallest absolute Gasteiger partial charge is 0.305 e. The number of hydrazone groups is 1. The summed E-state index contributed by atoms with van der Waals surface area (Å²) in [4.78, 5) is 10.8. The highest BCUT2D eigenvalue weighted by Crippen LogP contribution is 2.19. The van der Waals surface area contributed by atoms with Crippen LogP contribution in [0.3, 0.4) is 0 Å². The molecule has 1 aromatic carbocycles. The molecule has 0 bridgehead atoms. The van der Waals surface area contributed by atoms with Crippen LogP contribution in [0.15, 0.2) is 23.3 Å². The first-order valence-electron chi connectivity index (χ1n) is 5.01. The van der Waals surface area contributed by atoms with Crippen molar-refractivity contribution in [3.05, 3.63) is 29.0 Å². The molecular weight excluding hydrogens is 247 g/mol. The van der Waals surface area contributed by atoms with E-state index in [-0.39, 0.29) is 18.3 Å². The second kappa shape index (κ2) is 6.85. The van der Waals surface area contributed by atoms with E-state index in [1.807, 2.05) is 0 Å². The number of hydrogen-bond donors (Lipinski definition) is 1. The third-order valence-corrected chi connectivity index (χ3v) is 2.05. The van der Waals surface area contributed by atoms with E-state index in [1.54, 1.807) is 6.92 Å². The molecule has 0 spiro atoms. The third kappa shape index (κ3) is 4.82. The predicted octanol–water partition coefficient (Wildman–Crippen LogP) is 2.83. The zero-order chi connectivity index (χ0) is 12.7. The Hall–Kier alpha value is -1.62. The topological polar surface area (TPSA) is 50.7 Å². The Bertz CT molecular complexity index is 424. The highest BCUT2D eigenvalue weighted by atomic mass is 35.5. The van der Waals surface area contributed by atoms with Gasteiger partial charge in [-0.15, -0.1) is 0 Å². The maximum absolute atomic E-state index is 13.2. The minimum absolute atomic E-state index is 0.0435. The number of halogens is 2. The molecule has 0 fully saturated rings. The fourth-order valence-corrected chi connectivity index (χ4v) is 1.14. The standard InChI is InChI=1S/C11H12ClFN2O2/c1-2-11(16)17-6-5-14-15-10-7-8(12)3-4-9(10)13/h3-5,7,15H,2,6H2,1H3. The van der Waals surface area contributed by atoms with Gasteiger partial charge in [0.1, 0.15) is 12.4 Å². The highest BCUT2D eigenvalue weighted by Gasteiger charge is 2.00. The average Bonchev–Trinajstić information content (AvgIpc) is 2.32. The first-order chi connectivity index (χ1) is 8.13. The number of esters is 1. The monoisotopic (exact) mass is 258 g/mol. The first kappa shape index (κ1) is 13.4. The van der Waals surface area contributed by atoms with Crippen LogP contribution in [0.4, 0.5) is 10.1 Å². The number of hydrogen-bond acceptors (Lipinski definition) is 4. The van der Waals surface area contributed by atoms with Crippen LogP contribution < -0.4 is 5.43 Å². The second-order valence-corrected chi connectivity index (χ2v) is 3.52. The van der Waals surface area contributed by atoms with Gasteiger partial charge in [-0.05, 0) is 18.2 Å². The van der Waals surface area contributed by atoms with Gasteiger partial charge in [0.05, 0.1) is 11.9 Å². The number of nitrogens with one attached hydrogen (secondary N) is 1. The van der Waals surface area contributed by atoms with Gasteiger partial charge < -0.3 is 4.74 Å². The molecule has 0 aliphatic rings. The number of benzene rings is 1. The van der Waals surface area contributed by atoms with Gasteiger partial charge in [0.25, 0.3) is 0 Å². The summed E-state index contributed by atoms with van der Waals surface area (Å²) in [6.45, 7) is 1.74. The van der Waals surface area contributed by atoms with Crippen molar-refractivity contribution in [1.29, 1.82) is 0 Å². The third-order valence-electron chi connectivity index (χ3n) is 1.81. The van der Waals surface area contributed by atoms with Crippen molar-refractivity contribution in [2.75, 3.05) is 12.0 Å². The fraction of sp³-hybridized carbons (Fsp3) is 0.273. The minimum Gasteiger partial charge on any atom is -0.460 e. The number of carbonyl (C=O) groups excluding carboxylic acids is 1. The molecule has 1 rings (SSSR count). The van der Waals surface area contributed by atoms with Gasteiger partial charge in [-0.1, -0.05) is 18.5 Å². The minimum atomic E-state index is -0.461. The van der Waals surface area contributed by atoms with Crippen molar-refractivity contribution in [2.24, 2.45) is 5.10 Å². The molecule has 0 heterocycles. The molecule has 0 radical (unpaired) electrons. The number of nitrogens with zero attached hydrogens (tertiary/aromatic N) is 1. The normalized spacial score (nSPS) is 10.5. The molecule has 0 saturated carbocycles. The van der Waals surface area contributed by atoms with Crippen LogP contribution in [0.1, 0.15) is 13.3 Å². The summed E-state index contributed by atoms with van der Waals surface area (Å²) >= 11 is 5.69. The first-order valence-corrected chi connectivity index (χ1v) is 5.39. The molecule has 0 aliphatic heterocycles. The van der Waals surface area contributed by atoms with E-state index < -0.39 is 5.82 Å². The van der Waals surface area contributed by atoms with Crippen molar-refractivity contribution in [1.82, 2.24) is 0 Å². The summed E-state index contributed by atoms with van der Waals surface area (Å²) in [6, 6.07) is 4.08. The zero-order valence-electron chi connectivity index (χ0n) is 9.24. The molecule has 0 aliphatic carbocycles. The molecule has 0 unspecified atom stereocenters. The molecule has 1 N–H and O–H groups in total. The van der Waals surface area contributed by atoms with Crippen molar-refractivity contribution < 1.29 is 13.9 Å². The lowest BCUT2D eigenvalue weighted by atomic mass is 10.3. The van der Waals surface area contributed by atoms with Crippen LogP contribution >= 0.6 is 11.6 Å². The van der Waals surface area contributed by atoms with E-state index in [4.69, 9.17) is 16.3 Å². The SMILES string of the molecule is CCC(=O)OCC=NNc1cc(Cl)ccc1F. The van der Waals surface area contributed by atoms with E-state index in [0.717, 1.165) is 0 Å². The van der Waals surface area contributed by atoms with Crippen LogP contribution in [-0.4, -0.2) is 18.8 Å². The van der Waals surface area contributed by atoms with Gasteiger partial charge in [-0.3, -0.25) is 10.2 Å². The lowest BCUT2D eigenvalue weighted by Gasteiger charge is -2.02. The van der Waals surface area contributed by atoms with Crippen molar-refractivity contribution in [3.8, 4) is 0 Å². The maximum Gasteiger partial charge on any atom is 0.305 e. The van der Waals surface area contributed by atoms with Crippen LogP contribution in [0.25, 0.3) is 0 Å². The van der Waals surface area contributed by atoms with Gasteiger partial charge in [-0.25, -0.2) is 4.39 Å². The molecule has 1 aromatic rings. The summed E-state index contributed by atoms with van der Waals surface area (Å²) in [5, 5.41) is 4.10. The van der Waals surface area contributed by atoms with Gasteiger partial charge >= 0.3 is 5.97 Å². The second-order valence-electron chi connectivity index (χ2n) is 3.08. The van der Waals surface area contributed by atoms with E-state index >= 15 is 0 Å². The number of ether oxygens (including phenoxy) is 1. The zero-order valence-corrected chi connectivity index (χ0v) is 10.00. The highest BCUT2D eigenvalue weighted by molar-refractivity contribution is 6.30. The van der Waals surface area contributed by atoms with Crippen LogP contribution in [-0.2, 0) is 9.53 Å². The Morgan fingerprint density at radius 3 is 3.12 bits per heavy atom. The van der Waals surface area contributed by atoms with E-state index in [2.05, 4.69) is 10.5 Å². The Labute approximate surface area is 103 Å². The van der Waals surface area contributed by atoms with Crippen LogP contribution in [0.5, 0.6) is 0 Å². The van der Waals surface area contributed by atoms with Gasteiger partial charge in [0, 0.05) is 11.4 Å². The van der Waals surface area contributed by atoms with Crippen LogP contribution in [0, 0.1) is 5.82 Å². The quantitative estimate of drug-likeness (QED) is 0.502. The number of anilines is 1. The van der Waals surface area contributed by atoms with E-state index in [0.29, 0.717) is 11.4 Å². The Balaban J connectivity index is 2.42. The van der Waals surface area contributed by atoms with E-state index in [1.165, 1.54) is 24.4 Å². The maximum atomic E-state index is 13.2. The predicted molar refractivity (Wildman–Crippen MR) is 64.8 cm³/mol. The van der Waals surface area contributed by atoms with Gasteiger partial charge in [0.2, 0.25) is 0 Å². The molecular formula is C11H12ClFN2O2. The lowest BCUT2D eigenvalue weighted by molar-refractivity contribution is -0.141. The largest absolute Gasteiger partial charge is 0.460 e. The summed E-state index contributed by atoms with van der Waals surface area (Å²) in [6.07, 6.45) is 1.64. The van der Waals surface area contributed by atoms with Gasteiger partial charge in [0.15, 0.2) is 0 Å². The van der Waals surface area contributed by atoms with Crippen molar-refractivity contribution in [2.45, 2.75) is 13.3 Å². The number of rotatable bonds is 5. The molecule has 4 nitrogen and oxygen atoms in total. The molecule has 0 saturated heterocycles. The summed E-state index contributed by atoms with van der Waals surface area (Å²) in [5.74, 6) is -0.775. The summed E-state index contributed by atoms with van der Waals surface area (Å²) in [5.41, 5.74) is 2.63. The molecule has 17 heavy (non-hydrogen) atoms. The van der Waals surface area contributed by atoms with Gasteiger partial charge in [-0.2, -0.15) is 5.10 Å². The molecule has 0 atom stereocenters. The summed E-state index contributed by atoms with van der Waals surface area (Å²) < 4.78 is 17.9.